The first-order chi connectivity index (χ1) is 11.6. The first-order valence-corrected chi connectivity index (χ1v) is 8.90. The second-order valence-electron chi connectivity index (χ2n) is 5.22. The molecule has 0 aliphatic heterocycles. The molecule has 1 amide bonds. The maximum Gasteiger partial charge on any atom is 0.244 e. The average Bonchev–Trinajstić information content (AvgIpc) is 2.58. The summed E-state index contributed by atoms with van der Waals surface area (Å²) in [7, 11) is 0. The van der Waals surface area contributed by atoms with Gasteiger partial charge in [0, 0.05) is 27.6 Å². The second-order valence-corrected chi connectivity index (χ2v) is 6.50. The molecule has 0 unspecified atom stereocenters. The molecule has 0 saturated heterocycles. The Balaban J connectivity index is 1.90. The molecule has 0 fully saturated rings. The molecular formula is C18H15ClN2O2S. The van der Waals surface area contributed by atoms with Gasteiger partial charge in [-0.15, -0.1) is 11.8 Å². The summed E-state index contributed by atoms with van der Waals surface area (Å²) in [5.74, 6) is -0.165. The number of benzene rings is 2. The Morgan fingerprint density at radius 1 is 1.21 bits per heavy atom. The van der Waals surface area contributed by atoms with Crippen molar-refractivity contribution < 1.29 is 4.79 Å². The van der Waals surface area contributed by atoms with E-state index in [2.05, 4.69) is 5.32 Å². The summed E-state index contributed by atoms with van der Waals surface area (Å²) in [4.78, 5) is 25.4. The predicted molar refractivity (Wildman–Crippen MR) is 100 cm³/mol. The average molecular weight is 359 g/mol. The number of rotatable bonds is 4. The van der Waals surface area contributed by atoms with Crippen LogP contribution in [0.3, 0.4) is 0 Å². The maximum atomic E-state index is 12.4. The molecule has 24 heavy (non-hydrogen) atoms. The van der Waals surface area contributed by atoms with Crippen molar-refractivity contribution in [3.8, 4) is 0 Å². The molecule has 122 valence electrons. The highest BCUT2D eigenvalue weighted by molar-refractivity contribution is 7.98. The van der Waals surface area contributed by atoms with E-state index in [-0.39, 0.29) is 17.9 Å². The van der Waals surface area contributed by atoms with Gasteiger partial charge in [0.2, 0.25) is 5.91 Å². The lowest BCUT2D eigenvalue weighted by Crippen LogP contribution is -2.20. The van der Waals surface area contributed by atoms with Crippen LogP contribution in [-0.2, 0) is 11.3 Å². The van der Waals surface area contributed by atoms with Crippen LogP contribution in [0.4, 0.5) is 5.69 Å². The lowest BCUT2D eigenvalue weighted by molar-refractivity contribution is -0.116. The van der Waals surface area contributed by atoms with Crippen LogP contribution < -0.4 is 10.7 Å². The Morgan fingerprint density at radius 2 is 2.00 bits per heavy atom. The van der Waals surface area contributed by atoms with Crippen LogP contribution in [0.2, 0.25) is 5.02 Å². The lowest BCUT2D eigenvalue weighted by atomic mass is 10.2. The molecule has 0 aliphatic rings. The van der Waals surface area contributed by atoms with Gasteiger partial charge in [0.05, 0.1) is 11.2 Å². The van der Waals surface area contributed by atoms with E-state index in [0.29, 0.717) is 15.9 Å². The number of fused-ring (bicyclic) bond motifs is 1. The van der Waals surface area contributed by atoms with E-state index in [4.69, 9.17) is 11.6 Å². The third-order valence-corrected chi connectivity index (χ3v) is 4.67. The number of anilines is 1. The Morgan fingerprint density at radius 3 is 2.79 bits per heavy atom. The third kappa shape index (κ3) is 3.47. The van der Waals surface area contributed by atoms with Gasteiger partial charge in [0.1, 0.15) is 6.54 Å². The smallest absolute Gasteiger partial charge is 0.244 e. The van der Waals surface area contributed by atoms with Crippen LogP contribution in [0.25, 0.3) is 10.9 Å². The monoisotopic (exact) mass is 358 g/mol. The number of halogens is 1. The van der Waals surface area contributed by atoms with Crippen molar-refractivity contribution in [1.82, 2.24) is 4.57 Å². The fourth-order valence-corrected chi connectivity index (χ4v) is 3.23. The van der Waals surface area contributed by atoms with Crippen molar-refractivity contribution in [2.24, 2.45) is 0 Å². The number of hydrogen-bond acceptors (Lipinski definition) is 3. The molecule has 0 saturated carbocycles. The number of pyridine rings is 1. The molecule has 0 aliphatic carbocycles. The molecule has 6 heteroatoms. The highest BCUT2D eigenvalue weighted by atomic mass is 35.5. The van der Waals surface area contributed by atoms with Gasteiger partial charge in [-0.2, -0.15) is 0 Å². The fraction of sp³-hybridized carbons (Fsp3) is 0.111. The topological polar surface area (TPSA) is 51.1 Å². The molecule has 0 radical (unpaired) electrons. The van der Waals surface area contributed by atoms with Gasteiger partial charge in [-0.3, -0.25) is 9.59 Å². The largest absolute Gasteiger partial charge is 0.338 e. The number of hydrogen-bond donors (Lipinski definition) is 1. The standard InChI is InChI=1S/C18H15ClN2O2S/c1-24-17-5-3-2-4-14(17)20-18(23)11-21-9-8-16(22)13-7-6-12(19)10-15(13)21/h2-10H,11H2,1H3,(H,20,23). The van der Waals surface area contributed by atoms with Gasteiger partial charge in [0.25, 0.3) is 0 Å². The second kappa shape index (κ2) is 7.11. The number of aromatic nitrogens is 1. The number of amides is 1. The van der Waals surface area contributed by atoms with Gasteiger partial charge in [-0.25, -0.2) is 0 Å². The van der Waals surface area contributed by atoms with E-state index in [1.807, 2.05) is 30.5 Å². The van der Waals surface area contributed by atoms with E-state index in [0.717, 1.165) is 10.6 Å². The Kier molecular flexibility index (Phi) is 4.92. The lowest BCUT2D eigenvalue weighted by Gasteiger charge is -2.13. The van der Waals surface area contributed by atoms with Crippen LogP contribution in [0.1, 0.15) is 0 Å². The van der Waals surface area contributed by atoms with E-state index in [1.54, 1.807) is 40.7 Å². The molecule has 1 aromatic heterocycles. The first-order valence-electron chi connectivity index (χ1n) is 7.30. The van der Waals surface area contributed by atoms with Crippen molar-refractivity contribution in [2.45, 2.75) is 11.4 Å². The molecule has 4 nitrogen and oxygen atoms in total. The van der Waals surface area contributed by atoms with Gasteiger partial charge in [-0.05, 0) is 36.6 Å². The number of nitrogens with one attached hydrogen (secondary N) is 1. The molecule has 1 heterocycles. The third-order valence-electron chi connectivity index (χ3n) is 3.64. The zero-order valence-corrected chi connectivity index (χ0v) is 14.5. The minimum Gasteiger partial charge on any atom is -0.338 e. The van der Waals surface area contributed by atoms with Crippen LogP contribution in [0.15, 0.2) is 64.4 Å². The van der Waals surface area contributed by atoms with Gasteiger partial charge in [-0.1, -0.05) is 23.7 Å². The summed E-state index contributed by atoms with van der Waals surface area (Å²) in [5.41, 5.74) is 1.33. The van der Waals surface area contributed by atoms with E-state index in [9.17, 15) is 9.59 Å². The van der Waals surface area contributed by atoms with Crippen LogP contribution in [0.5, 0.6) is 0 Å². The minimum atomic E-state index is -0.165. The van der Waals surface area contributed by atoms with Crippen LogP contribution in [-0.4, -0.2) is 16.7 Å². The molecule has 0 bridgehead atoms. The number of carbonyl (C=O) groups excluding carboxylic acids is 1. The summed E-state index contributed by atoms with van der Waals surface area (Å²) in [5, 5.41) is 3.98. The molecule has 2 aromatic carbocycles. The first kappa shape index (κ1) is 16.6. The van der Waals surface area contributed by atoms with Crippen molar-refractivity contribution in [2.75, 3.05) is 11.6 Å². The Labute approximate surface area is 148 Å². The molecule has 0 spiro atoms. The summed E-state index contributed by atoms with van der Waals surface area (Å²) in [6.07, 6.45) is 3.57. The van der Waals surface area contributed by atoms with E-state index >= 15 is 0 Å². The normalized spacial score (nSPS) is 10.8. The van der Waals surface area contributed by atoms with Gasteiger partial charge in [0.15, 0.2) is 5.43 Å². The number of carbonyl (C=O) groups is 1. The highest BCUT2D eigenvalue weighted by Crippen LogP contribution is 2.24. The van der Waals surface area contributed by atoms with Gasteiger partial charge < -0.3 is 9.88 Å². The number of thioether (sulfide) groups is 1. The summed E-state index contributed by atoms with van der Waals surface area (Å²) < 4.78 is 1.72. The Bertz CT molecular complexity index is 969. The summed E-state index contributed by atoms with van der Waals surface area (Å²) >= 11 is 7.60. The quantitative estimate of drug-likeness (QED) is 0.717. The van der Waals surface area contributed by atoms with Crippen molar-refractivity contribution in [1.29, 1.82) is 0 Å². The summed E-state index contributed by atoms with van der Waals surface area (Å²) in [6.45, 7) is 0.0971. The summed E-state index contributed by atoms with van der Waals surface area (Å²) in [6, 6.07) is 14.1. The van der Waals surface area contributed by atoms with E-state index in [1.165, 1.54) is 6.07 Å². The van der Waals surface area contributed by atoms with Gasteiger partial charge >= 0.3 is 0 Å². The highest BCUT2D eigenvalue weighted by Gasteiger charge is 2.09. The Hall–Kier alpha value is -2.24. The van der Waals surface area contributed by atoms with Crippen molar-refractivity contribution in [3.05, 3.63) is 70.0 Å². The molecule has 1 N–H and O–H groups in total. The zero-order chi connectivity index (χ0) is 17.1. The molecule has 3 aromatic rings. The maximum absolute atomic E-state index is 12.4. The molecule has 0 atom stereocenters. The van der Waals surface area contributed by atoms with E-state index < -0.39 is 0 Å². The number of nitrogens with zero attached hydrogens (tertiary/aromatic N) is 1. The number of para-hydroxylation sites is 1. The van der Waals surface area contributed by atoms with Crippen molar-refractivity contribution >= 4 is 45.9 Å². The van der Waals surface area contributed by atoms with Crippen LogP contribution >= 0.6 is 23.4 Å². The molecular weight excluding hydrogens is 344 g/mol. The zero-order valence-electron chi connectivity index (χ0n) is 13.0. The molecule has 3 rings (SSSR count). The fourth-order valence-electron chi connectivity index (χ4n) is 2.51. The van der Waals surface area contributed by atoms with Crippen LogP contribution in [0, 0.1) is 0 Å². The minimum absolute atomic E-state index is 0.0916. The van der Waals surface area contributed by atoms with Crippen molar-refractivity contribution in [3.63, 3.8) is 0 Å². The predicted octanol–water partition coefficient (Wildman–Crippen LogP) is 4.02. The SMILES string of the molecule is CSc1ccccc1NC(=O)Cn1ccc(=O)c2ccc(Cl)cc21.